The van der Waals surface area contributed by atoms with E-state index >= 15 is 0 Å². The zero-order valence-electron chi connectivity index (χ0n) is 20.9. The molecule has 0 unspecified atom stereocenters. The molecule has 184 valence electrons. The smallest absolute Gasteiger partial charge is 0.410 e. The molecule has 1 aliphatic heterocycles. The number of carbonyl (C=O) groups excluding carboxylic acids is 1. The number of anilines is 2. The average Bonchev–Trinajstić information content (AvgIpc) is 2.87. The van der Waals surface area contributed by atoms with E-state index in [4.69, 9.17) is 14.5 Å². The normalized spacial score (nSPS) is 14.1. The fourth-order valence-electron chi connectivity index (χ4n) is 4.16. The lowest BCUT2D eigenvalue weighted by Crippen LogP contribution is -2.50. The number of benzene rings is 2. The van der Waals surface area contributed by atoms with Crippen molar-refractivity contribution in [2.45, 2.75) is 32.4 Å². The van der Waals surface area contributed by atoms with Crippen LogP contribution in [0.15, 0.2) is 72.8 Å². The number of nitrogens with zero attached hydrogens (tertiary/aromatic N) is 3. The maximum Gasteiger partial charge on any atom is 0.410 e. The molecule has 1 aliphatic rings. The predicted molar refractivity (Wildman–Crippen MR) is 139 cm³/mol. The van der Waals surface area contributed by atoms with Crippen molar-refractivity contribution >= 4 is 17.6 Å². The molecule has 0 aliphatic carbocycles. The molecule has 1 fully saturated rings. The summed E-state index contributed by atoms with van der Waals surface area (Å²) in [6.07, 6.45) is -0.269. The van der Waals surface area contributed by atoms with Gasteiger partial charge in [-0.15, -0.1) is 0 Å². The van der Waals surface area contributed by atoms with E-state index in [-0.39, 0.29) is 12.1 Å². The number of hydrogen-bond acceptors (Lipinski definition) is 6. The number of rotatable bonds is 6. The van der Waals surface area contributed by atoms with Crippen LogP contribution in [0.1, 0.15) is 37.9 Å². The molecular weight excluding hydrogens is 440 g/mol. The molecule has 1 aromatic heterocycles. The number of ether oxygens (including phenoxy) is 2. The maximum absolute atomic E-state index is 12.4. The van der Waals surface area contributed by atoms with Crippen LogP contribution in [0.5, 0.6) is 5.88 Å². The number of amides is 1. The molecule has 0 spiro atoms. The number of aromatic nitrogens is 1. The van der Waals surface area contributed by atoms with Gasteiger partial charge in [0.05, 0.1) is 13.2 Å². The van der Waals surface area contributed by atoms with Crippen molar-refractivity contribution < 1.29 is 14.3 Å². The lowest BCUT2D eigenvalue weighted by Gasteiger charge is -2.37. The predicted octanol–water partition coefficient (Wildman–Crippen LogP) is 5.35. The van der Waals surface area contributed by atoms with E-state index in [1.165, 1.54) is 0 Å². The van der Waals surface area contributed by atoms with Gasteiger partial charge in [0, 0.05) is 26.2 Å². The van der Waals surface area contributed by atoms with Crippen molar-refractivity contribution in [1.82, 2.24) is 9.88 Å². The van der Waals surface area contributed by atoms with E-state index in [0.29, 0.717) is 32.1 Å². The molecule has 2 aromatic carbocycles. The van der Waals surface area contributed by atoms with Crippen LogP contribution >= 0.6 is 0 Å². The SMILES string of the molecule is COc1nc(NC(c2ccccc2)c2ccccc2)ccc1N1CCN(C(=O)OC(C)(C)C)CC1. The van der Waals surface area contributed by atoms with Crippen LogP contribution in [0, 0.1) is 0 Å². The van der Waals surface area contributed by atoms with Crippen molar-refractivity contribution in [2.24, 2.45) is 0 Å². The third kappa shape index (κ3) is 6.23. The van der Waals surface area contributed by atoms with Crippen LogP contribution in [-0.2, 0) is 4.74 Å². The molecule has 0 radical (unpaired) electrons. The Labute approximate surface area is 207 Å². The highest BCUT2D eigenvalue weighted by atomic mass is 16.6. The molecule has 0 bridgehead atoms. The Kier molecular flexibility index (Phi) is 7.44. The quantitative estimate of drug-likeness (QED) is 0.520. The van der Waals surface area contributed by atoms with Gasteiger partial charge >= 0.3 is 6.09 Å². The molecule has 4 rings (SSSR count). The van der Waals surface area contributed by atoms with Gasteiger partial charge in [-0.25, -0.2) is 4.79 Å². The van der Waals surface area contributed by atoms with Crippen LogP contribution in [0.2, 0.25) is 0 Å². The standard InChI is InChI=1S/C28H34N4O3/c1-28(2,3)35-27(33)32-19-17-31(18-20-32)23-15-16-24(30-26(23)34-4)29-25(21-11-7-5-8-12-21)22-13-9-6-10-14-22/h5-16,25H,17-20H2,1-4H3,(H,29,30). The van der Waals surface area contributed by atoms with Crippen LogP contribution < -0.4 is 15.0 Å². The molecule has 0 saturated carbocycles. The summed E-state index contributed by atoms with van der Waals surface area (Å²) in [5.41, 5.74) is 2.73. The largest absolute Gasteiger partial charge is 0.479 e. The van der Waals surface area contributed by atoms with Gasteiger partial charge in [-0.2, -0.15) is 4.98 Å². The Hall–Kier alpha value is -3.74. The molecule has 1 saturated heterocycles. The van der Waals surface area contributed by atoms with Gasteiger partial charge in [0.25, 0.3) is 0 Å². The zero-order valence-corrected chi connectivity index (χ0v) is 20.9. The highest BCUT2D eigenvalue weighted by Gasteiger charge is 2.27. The minimum Gasteiger partial charge on any atom is -0.479 e. The fourth-order valence-corrected chi connectivity index (χ4v) is 4.16. The first-order valence-corrected chi connectivity index (χ1v) is 12.0. The molecule has 1 N–H and O–H groups in total. The lowest BCUT2D eigenvalue weighted by atomic mass is 9.99. The summed E-state index contributed by atoms with van der Waals surface area (Å²) in [4.78, 5) is 21.1. The number of nitrogens with one attached hydrogen (secondary N) is 1. The second kappa shape index (κ2) is 10.7. The summed E-state index contributed by atoms with van der Waals surface area (Å²) >= 11 is 0. The molecule has 35 heavy (non-hydrogen) atoms. The number of hydrogen-bond donors (Lipinski definition) is 1. The van der Waals surface area contributed by atoms with Crippen LogP contribution in [0.3, 0.4) is 0 Å². The monoisotopic (exact) mass is 474 g/mol. The van der Waals surface area contributed by atoms with E-state index < -0.39 is 5.60 Å². The van der Waals surface area contributed by atoms with Crippen molar-refractivity contribution in [2.75, 3.05) is 43.5 Å². The third-order valence-electron chi connectivity index (χ3n) is 5.86. The summed E-state index contributed by atoms with van der Waals surface area (Å²) in [6.45, 7) is 8.18. The van der Waals surface area contributed by atoms with E-state index in [9.17, 15) is 4.79 Å². The van der Waals surface area contributed by atoms with Gasteiger partial charge in [0.2, 0.25) is 5.88 Å². The van der Waals surface area contributed by atoms with Gasteiger partial charge in [0.1, 0.15) is 17.1 Å². The van der Waals surface area contributed by atoms with E-state index in [1.807, 2.05) is 69.3 Å². The molecule has 0 atom stereocenters. The van der Waals surface area contributed by atoms with Gasteiger partial charge in [-0.3, -0.25) is 0 Å². The summed E-state index contributed by atoms with van der Waals surface area (Å²) in [7, 11) is 1.64. The Morgan fingerprint density at radius 2 is 1.46 bits per heavy atom. The van der Waals surface area contributed by atoms with Crippen LogP contribution in [0.25, 0.3) is 0 Å². The summed E-state index contributed by atoms with van der Waals surface area (Å²) in [5.74, 6) is 1.29. The number of carbonyl (C=O) groups is 1. The number of piperazine rings is 1. The molecular formula is C28H34N4O3. The van der Waals surface area contributed by atoms with Crippen molar-refractivity contribution in [1.29, 1.82) is 0 Å². The van der Waals surface area contributed by atoms with E-state index in [2.05, 4.69) is 34.5 Å². The van der Waals surface area contributed by atoms with E-state index in [1.54, 1.807) is 12.0 Å². The minimum absolute atomic E-state index is 0.0437. The second-order valence-electron chi connectivity index (χ2n) is 9.58. The molecule has 7 nitrogen and oxygen atoms in total. The van der Waals surface area contributed by atoms with Crippen molar-refractivity contribution in [3.8, 4) is 5.88 Å². The maximum atomic E-state index is 12.4. The molecule has 7 heteroatoms. The Bertz CT molecular complexity index is 1070. The Balaban J connectivity index is 1.49. The highest BCUT2D eigenvalue weighted by molar-refractivity contribution is 5.69. The Morgan fingerprint density at radius 3 is 1.97 bits per heavy atom. The first-order valence-electron chi connectivity index (χ1n) is 12.0. The van der Waals surface area contributed by atoms with Crippen molar-refractivity contribution in [3.63, 3.8) is 0 Å². The van der Waals surface area contributed by atoms with Gasteiger partial charge in [-0.05, 0) is 44.0 Å². The summed E-state index contributed by atoms with van der Waals surface area (Å²) in [6, 6.07) is 24.6. The molecule has 3 aromatic rings. The van der Waals surface area contributed by atoms with E-state index in [0.717, 1.165) is 22.6 Å². The average molecular weight is 475 g/mol. The van der Waals surface area contributed by atoms with Crippen molar-refractivity contribution in [3.05, 3.63) is 83.9 Å². The lowest BCUT2D eigenvalue weighted by molar-refractivity contribution is 0.0240. The number of methoxy groups -OCH3 is 1. The van der Waals surface area contributed by atoms with Gasteiger partial charge < -0.3 is 24.6 Å². The fraction of sp³-hybridized carbons (Fsp3) is 0.357. The van der Waals surface area contributed by atoms with Crippen LogP contribution in [-0.4, -0.2) is 54.9 Å². The summed E-state index contributed by atoms with van der Waals surface area (Å²) < 4.78 is 11.2. The second-order valence-corrected chi connectivity index (χ2v) is 9.58. The summed E-state index contributed by atoms with van der Waals surface area (Å²) in [5, 5.41) is 3.58. The minimum atomic E-state index is -0.498. The molecule has 2 heterocycles. The van der Waals surface area contributed by atoms with Gasteiger partial charge in [0.15, 0.2) is 0 Å². The topological polar surface area (TPSA) is 66.9 Å². The third-order valence-corrected chi connectivity index (χ3v) is 5.86. The van der Waals surface area contributed by atoms with Crippen LogP contribution in [0.4, 0.5) is 16.3 Å². The van der Waals surface area contributed by atoms with Gasteiger partial charge in [-0.1, -0.05) is 60.7 Å². The molecule has 1 amide bonds. The first kappa shape index (κ1) is 24.4. The zero-order chi connectivity index (χ0) is 24.8. The highest BCUT2D eigenvalue weighted by Crippen LogP contribution is 2.32. The first-order chi connectivity index (χ1) is 16.8. The Morgan fingerprint density at radius 1 is 0.886 bits per heavy atom. The number of pyridine rings is 1.